The van der Waals surface area contributed by atoms with Crippen molar-refractivity contribution in [1.82, 2.24) is 24.8 Å². The molecule has 6 nitrogen and oxygen atoms in total. The van der Waals surface area contributed by atoms with E-state index in [1.54, 1.807) is 7.11 Å². The Balaban J connectivity index is 1.51. The first kappa shape index (κ1) is 15.9. The number of aromatic nitrogens is 3. The number of ether oxygens (including phenoxy) is 1. The van der Waals surface area contributed by atoms with Gasteiger partial charge in [0, 0.05) is 26.2 Å². The summed E-state index contributed by atoms with van der Waals surface area (Å²) in [5.74, 6) is 0.700. The molecule has 22 heavy (non-hydrogen) atoms. The molecule has 2 aliphatic rings. The molecule has 1 atom stereocenters. The maximum absolute atomic E-state index is 5.11. The number of methoxy groups -OCH3 is 1. The molecule has 1 aromatic rings. The van der Waals surface area contributed by atoms with Crippen LogP contribution in [0.25, 0.3) is 0 Å². The fourth-order valence-electron chi connectivity index (χ4n) is 3.84. The van der Waals surface area contributed by atoms with Crippen LogP contribution in [0.2, 0.25) is 0 Å². The minimum absolute atomic E-state index is 0.548. The lowest BCUT2D eigenvalue weighted by Gasteiger charge is -2.41. The van der Waals surface area contributed by atoms with Gasteiger partial charge in [-0.05, 0) is 58.3 Å². The van der Waals surface area contributed by atoms with E-state index in [0.717, 1.165) is 18.3 Å². The van der Waals surface area contributed by atoms with Crippen molar-refractivity contribution in [2.75, 3.05) is 40.3 Å². The quantitative estimate of drug-likeness (QED) is 0.819. The molecule has 124 valence electrons. The van der Waals surface area contributed by atoms with Crippen molar-refractivity contribution in [2.24, 2.45) is 5.92 Å². The van der Waals surface area contributed by atoms with Crippen molar-refractivity contribution in [3.63, 3.8) is 0 Å². The van der Waals surface area contributed by atoms with E-state index in [1.807, 2.05) is 10.9 Å². The fraction of sp³-hybridized carbons (Fsp3) is 0.875. The highest BCUT2D eigenvalue weighted by Gasteiger charge is 2.28. The number of nitrogens with zero attached hydrogens (tertiary/aromatic N) is 5. The van der Waals surface area contributed by atoms with Gasteiger partial charge in [0.15, 0.2) is 0 Å². The van der Waals surface area contributed by atoms with E-state index in [1.165, 1.54) is 51.9 Å². The molecule has 6 heteroatoms. The van der Waals surface area contributed by atoms with E-state index < -0.39 is 0 Å². The Morgan fingerprint density at radius 2 is 2.05 bits per heavy atom. The lowest BCUT2D eigenvalue weighted by atomic mass is 9.94. The summed E-state index contributed by atoms with van der Waals surface area (Å²) in [5, 5.41) is 8.40. The minimum atomic E-state index is 0.548. The summed E-state index contributed by atoms with van der Waals surface area (Å²) >= 11 is 0. The van der Waals surface area contributed by atoms with Gasteiger partial charge in [-0.25, -0.2) is 0 Å². The van der Waals surface area contributed by atoms with Gasteiger partial charge in [-0.1, -0.05) is 5.21 Å². The van der Waals surface area contributed by atoms with Crippen LogP contribution in [0.15, 0.2) is 6.20 Å². The predicted octanol–water partition coefficient (Wildman–Crippen LogP) is 1.23. The van der Waals surface area contributed by atoms with Crippen LogP contribution in [-0.4, -0.2) is 71.2 Å². The zero-order chi connectivity index (χ0) is 15.4. The number of hydrogen-bond acceptors (Lipinski definition) is 5. The normalized spacial score (nSPS) is 25.6. The summed E-state index contributed by atoms with van der Waals surface area (Å²) in [5.41, 5.74) is 0.922. The summed E-state index contributed by atoms with van der Waals surface area (Å²) in [4.78, 5) is 5.18. The van der Waals surface area contributed by atoms with Gasteiger partial charge in [0.25, 0.3) is 0 Å². The van der Waals surface area contributed by atoms with Crippen molar-refractivity contribution in [3.8, 4) is 0 Å². The van der Waals surface area contributed by atoms with Gasteiger partial charge in [0.05, 0.1) is 12.8 Å². The highest BCUT2D eigenvalue weighted by Crippen LogP contribution is 2.24. The van der Waals surface area contributed by atoms with Crippen molar-refractivity contribution in [1.29, 1.82) is 0 Å². The SMILES string of the molecule is COCc1cn(CC2CCCN(C3CCN(C)CC3)C2)nn1. The second-order valence-electron chi connectivity index (χ2n) is 6.90. The lowest BCUT2D eigenvalue weighted by Crippen LogP contribution is -2.48. The van der Waals surface area contributed by atoms with Gasteiger partial charge < -0.3 is 9.64 Å². The molecule has 0 spiro atoms. The van der Waals surface area contributed by atoms with Crippen molar-refractivity contribution in [3.05, 3.63) is 11.9 Å². The van der Waals surface area contributed by atoms with E-state index in [-0.39, 0.29) is 0 Å². The summed E-state index contributed by atoms with van der Waals surface area (Å²) in [6.07, 6.45) is 7.30. The van der Waals surface area contributed by atoms with Gasteiger partial charge in [0.2, 0.25) is 0 Å². The van der Waals surface area contributed by atoms with Crippen LogP contribution >= 0.6 is 0 Å². The zero-order valence-electron chi connectivity index (χ0n) is 13.9. The Bertz CT molecular complexity index is 455. The summed E-state index contributed by atoms with van der Waals surface area (Å²) in [6.45, 7) is 6.52. The number of likely N-dealkylation sites (tertiary alicyclic amines) is 2. The lowest BCUT2D eigenvalue weighted by molar-refractivity contribution is 0.0730. The van der Waals surface area contributed by atoms with Crippen molar-refractivity contribution < 1.29 is 4.74 Å². The molecule has 3 rings (SSSR count). The maximum Gasteiger partial charge on any atom is 0.108 e. The van der Waals surface area contributed by atoms with Crippen LogP contribution in [0.1, 0.15) is 31.4 Å². The van der Waals surface area contributed by atoms with Crippen LogP contribution in [0.5, 0.6) is 0 Å². The molecular formula is C16H29N5O. The molecule has 2 saturated heterocycles. The molecular weight excluding hydrogens is 278 g/mol. The Kier molecular flexibility index (Phi) is 5.44. The van der Waals surface area contributed by atoms with Gasteiger partial charge in [-0.15, -0.1) is 5.10 Å². The largest absolute Gasteiger partial charge is 0.378 e. The molecule has 0 amide bonds. The van der Waals surface area contributed by atoms with Crippen molar-refractivity contribution in [2.45, 2.75) is 44.9 Å². The summed E-state index contributed by atoms with van der Waals surface area (Å²) in [7, 11) is 3.93. The summed E-state index contributed by atoms with van der Waals surface area (Å²) < 4.78 is 7.11. The standard InChI is InChI=1S/C16H29N5O/c1-19-8-5-16(6-9-19)20-7-3-4-14(10-20)11-21-12-15(13-22-2)17-18-21/h12,14,16H,3-11,13H2,1-2H3. The first-order valence-electron chi connectivity index (χ1n) is 8.55. The molecule has 0 aliphatic carbocycles. The topological polar surface area (TPSA) is 46.4 Å². The van der Waals surface area contributed by atoms with Crippen LogP contribution < -0.4 is 0 Å². The van der Waals surface area contributed by atoms with Crippen molar-refractivity contribution >= 4 is 0 Å². The maximum atomic E-state index is 5.11. The van der Waals surface area contributed by atoms with Crippen LogP contribution in [0.3, 0.4) is 0 Å². The molecule has 0 bridgehead atoms. The first-order chi connectivity index (χ1) is 10.7. The average Bonchev–Trinajstić information content (AvgIpc) is 2.96. The molecule has 3 heterocycles. The van der Waals surface area contributed by atoms with Crippen LogP contribution in [0, 0.1) is 5.92 Å². The highest BCUT2D eigenvalue weighted by molar-refractivity contribution is 4.90. The molecule has 0 aromatic carbocycles. The third kappa shape index (κ3) is 4.06. The molecule has 2 fully saturated rings. The predicted molar refractivity (Wildman–Crippen MR) is 85.6 cm³/mol. The number of rotatable bonds is 5. The van der Waals surface area contributed by atoms with Gasteiger partial charge >= 0.3 is 0 Å². The van der Waals surface area contributed by atoms with Crippen LogP contribution in [-0.2, 0) is 17.9 Å². The average molecular weight is 307 g/mol. The van der Waals surface area contributed by atoms with E-state index in [2.05, 4.69) is 27.2 Å². The smallest absolute Gasteiger partial charge is 0.108 e. The number of piperidine rings is 2. The molecule has 0 radical (unpaired) electrons. The Labute approximate surface area is 133 Å². The molecule has 0 N–H and O–H groups in total. The zero-order valence-corrected chi connectivity index (χ0v) is 13.9. The fourth-order valence-corrected chi connectivity index (χ4v) is 3.84. The Morgan fingerprint density at radius 3 is 2.82 bits per heavy atom. The minimum Gasteiger partial charge on any atom is -0.378 e. The molecule has 1 aromatic heterocycles. The van der Waals surface area contributed by atoms with Gasteiger partial charge in [-0.2, -0.15) is 0 Å². The Morgan fingerprint density at radius 1 is 1.23 bits per heavy atom. The summed E-state index contributed by atoms with van der Waals surface area (Å²) in [6, 6.07) is 0.791. The first-order valence-corrected chi connectivity index (χ1v) is 8.55. The highest BCUT2D eigenvalue weighted by atomic mass is 16.5. The molecule has 2 aliphatic heterocycles. The second-order valence-corrected chi connectivity index (χ2v) is 6.90. The van der Waals surface area contributed by atoms with E-state index in [9.17, 15) is 0 Å². The molecule has 1 unspecified atom stereocenters. The van der Waals surface area contributed by atoms with Gasteiger partial charge in [0.1, 0.15) is 5.69 Å². The third-order valence-electron chi connectivity index (χ3n) is 5.08. The van der Waals surface area contributed by atoms with Gasteiger partial charge in [-0.3, -0.25) is 9.58 Å². The molecule has 0 saturated carbocycles. The monoisotopic (exact) mass is 307 g/mol. The van der Waals surface area contributed by atoms with Crippen LogP contribution in [0.4, 0.5) is 0 Å². The van der Waals surface area contributed by atoms with E-state index in [4.69, 9.17) is 4.74 Å². The Hall–Kier alpha value is -0.980. The number of hydrogen-bond donors (Lipinski definition) is 0. The van der Waals surface area contributed by atoms with E-state index in [0.29, 0.717) is 12.5 Å². The third-order valence-corrected chi connectivity index (χ3v) is 5.08. The van der Waals surface area contributed by atoms with E-state index >= 15 is 0 Å². The second kappa shape index (κ2) is 7.53.